The van der Waals surface area contributed by atoms with E-state index < -0.39 is 6.10 Å². The molecule has 0 saturated heterocycles. The molecule has 2 aromatic heterocycles. The third-order valence-electron chi connectivity index (χ3n) is 11.2. The Morgan fingerprint density at radius 1 is 1.14 bits per heavy atom. The number of aromatic hydroxyl groups is 1. The molecule has 7 atom stereocenters. The van der Waals surface area contributed by atoms with Crippen molar-refractivity contribution in [2.75, 3.05) is 25.5 Å². The van der Waals surface area contributed by atoms with Gasteiger partial charge in [0.25, 0.3) is 0 Å². The number of benzene rings is 1. The number of aliphatic imine (C=N–C) groups is 1. The molecular formula is C41H50N4O4S2. The number of thiophene rings is 2. The van der Waals surface area contributed by atoms with E-state index in [1.165, 1.54) is 0 Å². The van der Waals surface area contributed by atoms with Crippen molar-refractivity contribution in [1.29, 1.82) is 0 Å². The number of ketones is 1. The molecule has 0 amide bonds. The highest BCUT2D eigenvalue weighted by Crippen LogP contribution is 2.61. The van der Waals surface area contributed by atoms with Gasteiger partial charge >= 0.3 is 0 Å². The van der Waals surface area contributed by atoms with Crippen LogP contribution in [0.2, 0.25) is 0 Å². The number of aliphatic hydroxyl groups is 2. The van der Waals surface area contributed by atoms with E-state index in [9.17, 15) is 20.1 Å². The van der Waals surface area contributed by atoms with Gasteiger partial charge in [0.05, 0.1) is 27.1 Å². The van der Waals surface area contributed by atoms with Crippen LogP contribution in [0.15, 0.2) is 41.4 Å². The highest BCUT2D eigenvalue weighted by Gasteiger charge is 2.55. The summed E-state index contributed by atoms with van der Waals surface area (Å²) >= 11 is 3.25. The molecule has 3 aliphatic carbocycles. The molecule has 270 valence electrons. The van der Waals surface area contributed by atoms with Gasteiger partial charge in [0.1, 0.15) is 5.75 Å². The van der Waals surface area contributed by atoms with Crippen LogP contribution in [0.1, 0.15) is 90.9 Å². The second kappa shape index (κ2) is 16.3. The predicted octanol–water partition coefficient (Wildman–Crippen LogP) is 6.63. The minimum absolute atomic E-state index is 0.101. The number of nitrogens with one attached hydrogen (secondary N) is 2. The third kappa shape index (κ3) is 8.31. The van der Waals surface area contributed by atoms with Gasteiger partial charge in [-0.15, -0.1) is 28.6 Å². The van der Waals surface area contributed by atoms with Crippen molar-refractivity contribution in [1.82, 2.24) is 5.32 Å². The Bertz CT molecular complexity index is 1870. The van der Waals surface area contributed by atoms with Crippen LogP contribution in [-0.2, 0) is 6.42 Å². The van der Waals surface area contributed by atoms with Crippen LogP contribution in [-0.4, -0.2) is 59.4 Å². The Morgan fingerprint density at radius 3 is 2.69 bits per heavy atom. The molecule has 6 rings (SSSR count). The zero-order valence-corrected chi connectivity index (χ0v) is 31.4. The number of phenols is 1. The van der Waals surface area contributed by atoms with Crippen LogP contribution < -0.4 is 16.4 Å². The number of hydrogen-bond acceptors (Lipinski definition) is 8. The Labute approximate surface area is 310 Å². The fourth-order valence-electron chi connectivity index (χ4n) is 8.97. The molecule has 1 spiro atoms. The molecule has 3 bridgehead atoms. The molecule has 10 heteroatoms. The van der Waals surface area contributed by atoms with Crippen molar-refractivity contribution >= 4 is 40.1 Å². The molecule has 3 aromatic rings. The van der Waals surface area contributed by atoms with Crippen molar-refractivity contribution in [3.63, 3.8) is 0 Å². The Hall–Kier alpha value is -3.80. The first-order valence-corrected chi connectivity index (χ1v) is 19.8. The van der Waals surface area contributed by atoms with E-state index in [-0.39, 0.29) is 41.4 Å². The summed E-state index contributed by atoms with van der Waals surface area (Å²) in [6.07, 6.45) is 6.70. The summed E-state index contributed by atoms with van der Waals surface area (Å²) in [7, 11) is 1.68. The molecule has 7 N–H and O–H groups in total. The summed E-state index contributed by atoms with van der Waals surface area (Å²) in [6.45, 7) is 4.04. The second-order valence-corrected chi connectivity index (χ2v) is 16.8. The number of anilines is 1. The second-order valence-electron chi connectivity index (χ2n) is 14.6. The Balaban J connectivity index is 1.39. The number of phenolic OH excluding ortho intramolecular Hbond substituents is 1. The smallest absolute Gasteiger partial charge is 0.188 e. The Morgan fingerprint density at radius 2 is 1.92 bits per heavy atom. The predicted molar refractivity (Wildman–Crippen MR) is 208 cm³/mol. The molecule has 3 aliphatic rings. The lowest BCUT2D eigenvalue weighted by Crippen LogP contribution is -2.50. The van der Waals surface area contributed by atoms with Crippen molar-refractivity contribution in [3.8, 4) is 39.2 Å². The van der Waals surface area contributed by atoms with E-state index in [0.29, 0.717) is 42.9 Å². The maximum atomic E-state index is 14.7. The number of carbonyl (C=O) groups is 1. The minimum atomic E-state index is -0.570. The van der Waals surface area contributed by atoms with Crippen molar-refractivity contribution in [3.05, 3.63) is 57.3 Å². The van der Waals surface area contributed by atoms with Crippen molar-refractivity contribution in [2.24, 2.45) is 39.8 Å². The van der Waals surface area contributed by atoms with E-state index in [4.69, 9.17) is 5.73 Å². The number of Topliss-reactive ketones (excluding diaryl/α,β-unsaturated/α-hetero) is 1. The van der Waals surface area contributed by atoms with Gasteiger partial charge in [-0.2, -0.15) is 0 Å². The van der Waals surface area contributed by atoms with Crippen LogP contribution in [0.3, 0.4) is 0 Å². The number of rotatable bonds is 10. The monoisotopic (exact) mass is 726 g/mol. The molecule has 0 radical (unpaired) electrons. The lowest BCUT2D eigenvalue weighted by Gasteiger charge is -2.47. The zero-order valence-electron chi connectivity index (χ0n) is 29.8. The number of nitrogens with two attached hydrogens (primary N) is 1. The normalized spacial score (nSPS) is 26.3. The molecule has 2 heterocycles. The summed E-state index contributed by atoms with van der Waals surface area (Å²) in [4.78, 5) is 23.0. The molecule has 51 heavy (non-hydrogen) atoms. The van der Waals surface area contributed by atoms with Crippen molar-refractivity contribution in [2.45, 2.75) is 83.8 Å². The fraction of sp³-hybridized carbons (Fsp3) is 0.512. The SMILES string of the molecule is CC#Cc1ccc(-c2ccc(C(=O)[C@H]3CC[C@@H]4C[C@]35C[C@@H](CC#Cc3c(cc(O)cc3NC[C@H](C)O)C[C@@H]4NC(N)=NC)[C@H](CCCO)C5)s2)s1. The van der Waals surface area contributed by atoms with Gasteiger partial charge < -0.3 is 31.7 Å². The minimum Gasteiger partial charge on any atom is -0.508 e. The number of guanidine groups is 1. The lowest BCUT2D eigenvalue weighted by atomic mass is 9.58. The maximum absolute atomic E-state index is 14.7. The van der Waals surface area contributed by atoms with E-state index in [1.54, 1.807) is 48.8 Å². The average molecular weight is 727 g/mol. The summed E-state index contributed by atoms with van der Waals surface area (Å²) in [5, 5.41) is 37.6. The summed E-state index contributed by atoms with van der Waals surface area (Å²) < 4.78 is 0. The van der Waals surface area contributed by atoms with Gasteiger partial charge in [-0.25, -0.2) is 0 Å². The van der Waals surface area contributed by atoms with E-state index in [2.05, 4.69) is 51.4 Å². The zero-order chi connectivity index (χ0) is 36.1. The highest BCUT2D eigenvalue weighted by molar-refractivity contribution is 7.23. The molecule has 1 aromatic carbocycles. The number of carbonyl (C=O) groups excluding carboxylic acids is 1. The quantitative estimate of drug-likeness (QED) is 0.0597. The molecule has 2 saturated carbocycles. The van der Waals surface area contributed by atoms with Crippen LogP contribution in [0.25, 0.3) is 9.75 Å². The van der Waals surface area contributed by atoms with E-state index >= 15 is 0 Å². The van der Waals surface area contributed by atoms with Gasteiger partial charge in [0.2, 0.25) is 0 Å². The van der Waals surface area contributed by atoms with Crippen LogP contribution in [0.5, 0.6) is 5.75 Å². The number of aliphatic hydroxyl groups excluding tert-OH is 2. The first-order chi connectivity index (χ1) is 24.6. The van der Waals surface area contributed by atoms with E-state index in [0.717, 1.165) is 75.6 Å². The molecular weight excluding hydrogens is 677 g/mol. The summed E-state index contributed by atoms with van der Waals surface area (Å²) in [6, 6.07) is 11.6. The average Bonchev–Trinajstić information content (AvgIpc) is 3.86. The molecule has 2 fully saturated rings. The first kappa shape index (κ1) is 37.0. The first-order valence-electron chi connectivity index (χ1n) is 18.2. The van der Waals surface area contributed by atoms with Gasteiger partial charge in [-0.05, 0) is 124 Å². The third-order valence-corrected chi connectivity index (χ3v) is 13.5. The van der Waals surface area contributed by atoms with Crippen LogP contribution in [0.4, 0.5) is 5.69 Å². The molecule has 0 unspecified atom stereocenters. The summed E-state index contributed by atoms with van der Waals surface area (Å²) in [5.41, 5.74) is 8.58. The largest absolute Gasteiger partial charge is 0.508 e. The van der Waals surface area contributed by atoms with E-state index in [1.807, 2.05) is 19.1 Å². The number of hydrogen-bond donors (Lipinski definition) is 6. The number of nitrogens with zero attached hydrogens (tertiary/aromatic N) is 1. The van der Waals surface area contributed by atoms with Gasteiger partial charge in [-0.3, -0.25) is 9.79 Å². The molecule has 0 aliphatic heterocycles. The van der Waals surface area contributed by atoms with Gasteiger partial charge in [-0.1, -0.05) is 17.8 Å². The summed E-state index contributed by atoms with van der Waals surface area (Å²) in [5.74, 6) is 14.6. The van der Waals surface area contributed by atoms with Crippen LogP contribution >= 0.6 is 22.7 Å². The Kier molecular flexibility index (Phi) is 11.8. The highest BCUT2D eigenvalue weighted by atomic mass is 32.1. The van der Waals surface area contributed by atoms with Gasteiger partial charge in [0, 0.05) is 54.4 Å². The standard InChI is InChI=1S/C41H50N4O4S2/c1-4-7-31-12-14-36(50-31)37-15-16-38(51-37)39(49)33-13-11-28-23-41(33)21-26(27(22-41)9-6-17-46)8-5-10-32-29(19-34(28)45-40(42)43-3)18-30(48)20-35(32)44-24-25(2)47/h12,14-16,18,20,25-28,33-34,44,46-48H,6,8-9,11,13,17,19,21-24H2,1-3H3,(H3,42,43,45)/t25-,26+,27+,28+,33+,34-,41+/m0/s1. The van der Waals surface area contributed by atoms with Crippen LogP contribution in [0, 0.1) is 52.8 Å². The topological polar surface area (TPSA) is 140 Å². The molecule has 8 nitrogen and oxygen atoms in total. The lowest BCUT2D eigenvalue weighted by molar-refractivity contribution is 0.0374. The van der Waals surface area contributed by atoms with Crippen molar-refractivity contribution < 1.29 is 20.1 Å². The maximum Gasteiger partial charge on any atom is 0.188 e. The van der Waals surface area contributed by atoms with Gasteiger partial charge in [0.15, 0.2) is 11.7 Å². The fourth-order valence-corrected chi connectivity index (χ4v) is 11.0. The number of fused-ring (bicyclic) bond motifs is 3.